The second kappa shape index (κ2) is 3.88. The molecule has 4 nitrogen and oxygen atoms in total. The Bertz CT molecular complexity index is 402. The first-order valence-electron chi connectivity index (χ1n) is 5.32. The molecule has 2 N–H and O–H groups in total. The van der Waals surface area contributed by atoms with Crippen LogP contribution in [0.15, 0.2) is 24.3 Å². The first kappa shape index (κ1) is 11.1. The van der Waals surface area contributed by atoms with E-state index in [0.29, 0.717) is 6.54 Å². The number of anilines is 1. The molecule has 1 amide bonds. The van der Waals surface area contributed by atoms with Crippen molar-refractivity contribution >= 4 is 11.6 Å². The lowest BCUT2D eigenvalue weighted by molar-refractivity contribution is -0.126. The molecular weight excluding hydrogens is 204 g/mol. The van der Waals surface area contributed by atoms with Crippen molar-refractivity contribution in [3.05, 3.63) is 29.8 Å². The molecule has 1 aromatic carbocycles. The summed E-state index contributed by atoms with van der Waals surface area (Å²) in [6, 6.07) is 7.70. The number of nitrogens with zero attached hydrogens (tertiary/aromatic N) is 1. The number of carbonyl (C=O) groups excluding carboxylic acids is 1. The maximum absolute atomic E-state index is 12.0. The molecule has 1 fully saturated rings. The van der Waals surface area contributed by atoms with Crippen LogP contribution in [0, 0.1) is 12.3 Å². The minimum Gasteiger partial charge on any atom is -0.395 e. The summed E-state index contributed by atoms with van der Waals surface area (Å²) in [4.78, 5) is 12.0. The zero-order valence-electron chi connectivity index (χ0n) is 9.53. The van der Waals surface area contributed by atoms with Crippen molar-refractivity contribution < 1.29 is 9.90 Å². The zero-order chi connectivity index (χ0) is 11.8. The summed E-state index contributed by atoms with van der Waals surface area (Å²) in [5.74, 6) is -0.0844. The second-order valence-corrected chi connectivity index (χ2v) is 4.53. The average molecular weight is 220 g/mol. The Balaban J connectivity index is 2.25. The van der Waals surface area contributed by atoms with E-state index in [0.717, 1.165) is 11.3 Å². The van der Waals surface area contributed by atoms with Crippen molar-refractivity contribution in [3.8, 4) is 0 Å². The Morgan fingerprint density at radius 3 is 2.56 bits per heavy atom. The van der Waals surface area contributed by atoms with Crippen molar-refractivity contribution in [2.45, 2.75) is 13.8 Å². The van der Waals surface area contributed by atoms with Crippen molar-refractivity contribution in [2.75, 3.05) is 18.2 Å². The summed E-state index contributed by atoms with van der Waals surface area (Å²) in [5, 5.41) is 10.7. The van der Waals surface area contributed by atoms with Gasteiger partial charge in [0.15, 0.2) is 0 Å². The van der Waals surface area contributed by atoms with Gasteiger partial charge in [0.2, 0.25) is 0 Å². The van der Waals surface area contributed by atoms with Gasteiger partial charge in [0.25, 0.3) is 5.91 Å². The number of hydrogen-bond donors (Lipinski definition) is 2. The summed E-state index contributed by atoms with van der Waals surface area (Å²) in [7, 11) is 0. The Kier molecular flexibility index (Phi) is 2.69. The quantitative estimate of drug-likeness (QED) is 0.776. The maximum atomic E-state index is 12.0. The summed E-state index contributed by atoms with van der Waals surface area (Å²) < 4.78 is 0. The highest BCUT2D eigenvalue weighted by Gasteiger charge is 2.42. The lowest BCUT2D eigenvalue weighted by Gasteiger charge is -2.19. The monoisotopic (exact) mass is 220 g/mol. The van der Waals surface area contributed by atoms with Crippen LogP contribution in [0.3, 0.4) is 0 Å². The highest BCUT2D eigenvalue weighted by atomic mass is 16.3. The Hall–Kier alpha value is -1.39. The van der Waals surface area contributed by atoms with Crippen molar-refractivity contribution in [1.82, 2.24) is 5.43 Å². The fourth-order valence-corrected chi connectivity index (χ4v) is 1.70. The number of aliphatic hydroxyl groups is 1. The van der Waals surface area contributed by atoms with Crippen LogP contribution in [-0.4, -0.2) is 24.2 Å². The third-order valence-corrected chi connectivity index (χ3v) is 2.99. The van der Waals surface area contributed by atoms with Gasteiger partial charge >= 0.3 is 0 Å². The van der Waals surface area contributed by atoms with E-state index in [1.807, 2.05) is 31.2 Å². The first-order chi connectivity index (χ1) is 7.57. The van der Waals surface area contributed by atoms with E-state index in [-0.39, 0.29) is 12.5 Å². The van der Waals surface area contributed by atoms with E-state index in [1.54, 1.807) is 6.92 Å². The van der Waals surface area contributed by atoms with Gasteiger partial charge in [0.1, 0.15) is 0 Å². The number of carbonyl (C=O) groups is 1. The molecule has 1 aromatic rings. The van der Waals surface area contributed by atoms with Gasteiger partial charge in [-0.2, -0.15) is 0 Å². The zero-order valence-corrected chi connectivity index (χ0v) is 9.53. The molecule has 2 rings (SSSR count). The second-order valence-electron chi connectivity index (χ2n) is 4.53. The molecule has 4 heteroatoms. The minimum atomic E-state index is -0.703. The summed E-state index contributed by atoms with van der Waals surface area (Å²) >= 11 is 0. The molecule has 0 bridgehead atoms. The molecule has 1 atom stereocenters. The van der Waals surface area contributed by atoms with Crippen LogP contribution < -0.4 is 10.4 Å². The molecule has 0 spiro atoms. The van der Waals surface area contributed by atoms with E-state index < -0.39 is 5.41 Å². The van der Waals surface area contributed by atoms with Gasteiger partial charge in [0, 0.05) is 6.54 Å². The number of nitrogens with one attached hydrogen (secondary N) is 1. The highest BCUT2D eigenvalue weighted by molar-refractivity contribution is 5.98. The van der Waals surface area contributed by atoms with Crippen LogP contribution in [0.1, 0.15) is 12.5 Å². The fourth-order valence-electron chi connectivity index (χ4n) is 1.70. The van der Waals surface area contributed by atoms with Crippen molar-refractivity contribution in [2.24, 2.45) is 5.41 Å². The lowest BCUT2D eigenvalue weighted by atomic mass is 9.92. The number of rotatable bonds is 2. The van der Waals surface area contributed by atoms with Gasteiger partial charge in [-0.25, -0.2) is 10.4 Å². The van der Waals surface area contributed by atoms with E-state index in [4.69, 9.17) is 0 Å². The van der Waals surface area contributed by atoms with Crippen molar-refractivity contribution in [3.63, 3.8) is 0 Å². The Morgan fingerprint density at radius 1 is 1.44 bits per heavy atom. The number of aliphatic hydroxyl groups excluding tert-OH is 1. The highest BCUT2D eigenvalue weighted by Crippen LogP contribution is 2.27. The van der Waals surface area contributed by atoms with E-state index in [2.05, 4.69) is 5.43 Å². The fraction of sp³-hybridized carbons (Fsp3) is 0.417. The topological polar surface area (TPSA) is 52.6 Å². The summed E-state index contributed by atoms with van der Waals surface area (Å²) in [6.07, 6.45) is 0. The molecule has 1 unspecified atom stereocenters. The van der Waals surface area contributed by atoms with Crippen LogP contribution in [0.2, 0.25) is 0 Å². The molecule has 0 radical (unpaired) electrons. The van der Waals surface area contributed by atoms with Gasteiger partial charge in [0.05, 0.1) is 17.7 Å². The molecule has 16 heavy (non-hydrogen) atoms. The third-order valence-electron chi connectivity index (χ3n) is 2.99. The van der Waals surface area contributed by atoms with Gasteiger partial charge in [-0.15, -0.1) is 0 Å². The number of benzene rings is 1. The number of amides is 1. The van der Waals surface area contributed by atoms with Gasteiger partial charge in [-0.3, -0.25) is 4.79 Å². The number of hydrogen-bond acceptors (Lipinski definition) is 3. The molecular formula is C12H16N2O2. The van der Waals surface area contributed by atoms with Crippen LogP contribution in [-0.2, 0) is 4.79 Å². The van der Waals surface area contributed by atoms with Crippen LogP contribution >= 0.6 is 0 Å². The Labute approximate surface area is 94.9 Å². The number of hydrazine groups is 1. The first-order valence-corrected chi connectivity index (χ1v) is 5.32. The van der Waals surface area contributed by atoms with Gasteiger partial charge in [-0.1, -0.05) is 17.7 Å². The van der Waals surface area contributed by atoms with Crippen LogP contribution in [0.5, 0.6) is 0 Å². The van der Waals surface area contributed by atoms with Crippen LogP contribution in [0.4, 0.5) is 5.69 Å². The number of aryl methyl sites for hydroxylation is 1. The smallest absolute Gasteiger partial charge is 0.250 e. The van der Waals surface area contributed by atoms with E-state index in [1.165, 1.54) is 5.01 Å². The molecule has 1 aliphatic heterocycles. The third kappa shape index (κ3) is 1.70. The molecule has 1 heterocycles. The predicted octanol–water partition coefficient (Wildman–Crippen LogP) is 0.845. The Morgan fingerprint density at radius 2 is 2.06 bits per heavy atom. The van der Waals surface area contributed by atoms with E-state index in [9.17, 15) is 9.90 Å². The lowest BCUT2D eigenvalue weighted by Crippen LogP contribution is -2.37. The maximum Gasteiger partial charge on any atom is 0.250 e. The molecule has 1 saturated heterocycles. The predicted molar refractivity (Wildman–Crippen MR) is 61.9 cm³/mol. The van der Waals surface area contributed by atoms with Crippen LogP contribution in [0.25, 0.3) is 0 Å². The molecule has 0 aromatic heterocycles. The minimum absolute atomic E-state index is 0.0844. The normalized spacial score (nSPS) is 25.2. The summed E-state index contributed by atoms with van der Waals surface area (Å²) in [6.45, 7) is 4.09. The van der Waals surface area contributed by atoms with Gasteiger partial charge < -0.3 is 5.11 Å². The van der Waals surface area contributed by atoms with E-state index >= 15 is 0 Å². The molecule has 0 aliphatic carbocycles. The molecule has 0 saturated carbocycles. The van der Waals surface area contributed by atoms with Gasteiger partial charge in [-0.05, 0) is 26.0 Å². The SMILES string of the molecule is Cc1ccc(N2NCC(C)(CO)C2=O)cc1. The van der Waals surface area contributed by atoms with Crippen molar-refractivity contribution in [1.29, 1.82) is 0 Å². The molecule has 1 aliphatic rings. The average Bonchev–Trinajstić information content (AvgIpc) is 2.59. The standard InChI is InChI=1S/C12H16N2O2/c1-9-3-5-10(6-4-9)14-11(16)12(2,8-15)7-13-14/h3-6,13,15H,7-8H2,1-2H3. The summed E-state index contributed by atoms with van der Waals surface area (Å²) in [5.41, 5.74) is 4.27. The molecule has 86 valence electrons. The largest absolute Gasteiger partial charge is 0.395 e.